The SMILES string of the molecule is CC(=O)NC1CCC2(C)C3Cc4c(ccc5[nH]c(=O)oc45)C3(C)CCC2C1(C)C. The number of nitrogens with one attached hydrogen (secondary N) is 2. The van der Waals surface area contributed by atoms with Crippen LogP contribution in [0.2, 0.25) is 0 Å². The predicted octanol–water partition coefficient (Wildman–Crippen LogP) is 4.29. The van der Waals surface area contributed by atoms with Gasteiger partial charge in [-0.15, -0.1) is 0 Å². The number of hydrogen-bond donors (Lipinski definition) is 2. The van der Waals surface area contributed by atoms with Crippen molar-refractivity contribution in [3.63, 3.8) is 0 Å². The Labute approximate surface area is 171 Å². The molecule has 2 N–H and O–H groups in total. The van der Waals surface area contributed by atoms with Crippen LogP contribution >= 0.6 is 0 Å². The van der Waals surface area contributed by atoms with Gasteiger partial charge in [0.25, 0.3) is 0 Å². The maximum Gasteiger partial charge on any atom is 0.417 e. The van der Waals surface area contributed by atoms with E-state index >= 15 is 0 Å². The molecule has 1 aromatic heterocycles. The van der Waals surface area contributed by atoms with Gasteiger partial charge in [0.15, 0.2) is 5.58 Å². The Kier molecular flexibility index (Phi) is 3.77. The molecule has 2 aromatic rings. The van der Waals surface area contributed by atoms with E-state index < -0.39 is 0 Å². The first-order valence-corrected chi connectivity index (χ1v) is 11.0. The number of H-pyrrole nitrogens is 1. The minimum atomic E-state index is -0.366. The van der Waals surface area contributed by atoms with Crippen LogP contribution in [-0.4, -0.2) is 16.9 Å². The van der Waals surface area contributed by atoms with E-state index in [0.717, 1.165) is 36.8 Å². The van der Waals surface area contributed by atoms with E-state index in [1.165, 1.54) is 17.5 Å². The van der Waals surface area contributed by atoms with E-state index in [0.29, 0.717) is 11.8 Å². The first-order valence-electron chi connectivity index (χ1n) is 11.0. The van der Waals surface area contributed by atoms with Crippen molar-refractivity contribution in [2.45, 2.75) is 78.2 Å². The zero-order chi connectivity index (χ0) is 20.8. The van der Waals surface area contributed by atoms with Crippen molar-refractivity contribution in [3.8, 4) is 0 Å². The van der Waals surface area contributed by atoms with Crippen LogP contribution in [0, 0.1) is 22.7 Å². The zero-order valence-electron chi connectivity index (χ0n) is 18.1. The molecule has 29 heavy (non-hydrogen) atoms. The number of carbonyl (C=O) groups excluding carboxylic acids is 1. The van der Waals surface area contributed by atoms with Gasteiger partial charge < -0.3 is 9.73 Å². The summed E-state index contributed by atoms with van der Waals surface area (Å²) in [5.74, 6) is 0.786. The van der Waals surface area contributed by atoms with Gasteiger partial charge in [0.2, 0.25) is 5.91 Å². The molecule has 0 bridgehead atoms. The van der Waals surface area contributed by atoms with Gasteiger partial charge in [-0.1, -0.05) is 33.8 Å². The van der Waals surface area contributed by atoms with Crippen LogP contribution in [0.1, 0.15) is 71.4 Å². The molecule has 2 fully saturated rings. The number of amides is 1. The van der Waals surface area contributed by atoms with Crippen molar-refractivity contribution in [2.75, 3.05) is 0 Å². The van der Waals surface area contributed by atoms with Gasteiger partial charge in [0, 0.05) is 18.5 Å². The van der Waals surface area contributed by atoms with Crippen molar-refractivity contribution < 1.29 is 9.21 Å². The normalized spacial score (nSPS) is 37.6. The molecule has 5 heteroatoms. The molecule has 0 radical (unpaired) electrons. The van der Waals surface area contributed by atoms with Crippen LogP contribution in [0.4, 0.5) is 0 Å². The number of aromatic nitrogens is 1. The summed E-state index contributed by atoms with van der Waals surface area (Å²) in [6.07, 6.45) is 5.43. The number of carbonyl (C=O) groups is 1. The fourth-order valence-corrected chi connectivity index (χ4v) is 7.86. The highest BCUT2D eigenvalue weighted by Crippen LogP contribution is 2.67. The third-order valence-corrected chi connectivity index (χ3v) is 9.17. The molecule has 0 saturated heterocycles. The summed E-state index contributed by atoms with van der Waals surface area (Å²) >= 11 is 0. The molecule has 5 rings (SSSR count). The van der Waals surface area contributed by atoms with Gasteiger partial charge in [-0.3, -0.25) is 9.78 Å². The Balaban J connectivity index is 1.58. The lowest BCUT2D eigenvalue weighted by atomic mass is 9.42. The molecular weight excluding hydrogens is 364 g/mol. The van der Waals surface area contributed by atoms with E-state index in [1.807, 2.05) is 6.07 Å². The minimum absolute atomic E-state index is 0.0603. The molecule has 1 aromatic carbocycles. The van der Waals surface area contributed by atoms with Gasteiger partial charge in [0.05, 0.1) is 5.52 Å². The van der Waals surface area contributed by atoms with E-state index in [-0.39, 0.29) is 34.0 Å². The molecule has 5 nitrogen and oxygen atoms in total. The molecule has 0 aliphatic heterocycles. The molecular formula is C24H32N2O3. The second kappa shape index (κ2) is 5.77. The molecule has 3 aliphatic carbocycles. The van der Waals surface area contributed by atoms with Crippen LogP contribution in [0.25, 0.3) is 11.1 Å². The van der Waals surface area contributed by atoms with Gasteiger partial charge in [-0.25, -0.2) is 4.79 Å². The van der Waals surface area contributed by atoms with Crippen molar-refractivity contribution in [1.82, 2.24) is 10.3 Å². The smallest absolute Gasteiger partial charge is 0.408 e. The monoisotopic (exact) mass is 396 g/mol. The summed E-state index contributed by atoms with van der Waals surface area (Å²) in [6, 6.07) is 4.47. The van der Waals surface area contributed by atoms with Crippen LogP contribution in [-0.2, 0) is 16.6 Å². The van der Waals surface area contributed by atoms with Gasteiger partial charge in [0.1, 0.15) is 0 Å². The van der Waals surface area contributed by atoms with Crippen LogP contribution in [0.3, 0.4) is 0 Å². The van der Waals surface area contributed by atoms with E-state index in [1.54, 1.807) is 6.92 Å². The molecule has 1 amide bonds. The van der Waals surface area contributed by atoms with Gasteiger partial charge in [-0.2, -0.15) is 0 Å². The Morgan fingerprint density at radius 3 is 2.62 bits per heavy atom. The molecule has 5 unspecified atom stereocenters. The molecule has 5 atom stereocenters. The summed E-state index contributed by atoms with van der Waals surface area (Å²) in [6.45, 7) is 11.2. The van der Waals surface area contributed by atoms with Crippen molar-refractivity contribution >= 4 is 17.0 Å². The second-order valence-electron chi connectivity index (χ2n) is 10.9. The number of rotatable bonds is 1. The van der Waals surface area contributed by atoms with E-state index in [4.69, 9.17) is 4.42 Å². The number of fused-ring (bicyclic) bond motifs is 7. The molecule has 0 spiro atoms. The maximum absolute atomic E-state index is 11.8. The number of benzene rings is 1. The standard InChI is InChI=1S/C24H32N2O3/c1-13(27)25-19-9-11-24(5)17(22(19,2)3)8-10-23(4)15-6-7-16-20(29-21(28)26-16)14(15)12-18(23)24/h6-7,17-19H,8-12H2,1-5H3,(H,25,27)(H,26,28). The lowest BCUT2D eigenvalue weighted by molar-refractivity contribution is -0.131. The minimum Gasteiger partial charge on any atom is -0.408 e. The first kappa shape index (κ1) is 19.0. The highest BCUT2D eigenvalue weighted by atomic mass is 16.4. The van der Waals surface area contributed by atoms with Gasteiger partial charge in [-0.05, 0) is 71.8 Å². The van der Waals surface area contributed by atoms with Crippen LogP contribution < -0.4 is 11.1 Å². The Morgan fingerprint density at radius 2 is 1.90 bits per heavy atom. The number of hydrogen-bond acceptors (Lipinski definition) is 3. The average Bonchev–Trinajstić information content (AvgIpc) is 3.15. The topological polar surface area (TPSA) is 75.1 Å². The van der Waals surface area contributed by atoms with E-state index in [2.05, 4.69) is 44.1 Å². The zero-order valence-corrected chi connectivity index (χ0v) is 18.1. The van der Waals surface area contributed by atoms with Gasteiger partial charge >= 0.3 is 5.76 Å². The summed E-state index contributed by atoms with van der Waals surface area (Å²) in [4.78, 5) is 26.4. The summed E-state index contributed by atoms with van der Waals surface area (Å²) in [5, 5.41) is 3.24. The highest BCUT2D eigenvalue weighted by molar-refractivity contribution is 5.79. The van der Waals surface area contributed by atoms with Crippen molar-refractivity contribution in [1.29, 1.82) is 0 Å². The molecule has 156 valence electrons. The number of aromatic amines is 1. The lowest BCUT2D eigenvalue weighted by Gasteiger charge is -2.63. The van der Waals surface area contributed by atoms with Crippen molar-refractivity contribution in [2.24, 2.45) is 22.7 Å². The average molecular weight is 397 g/mol. The molecule has 2 saturated carbocycles. The maximum atomic E-state index is 11.8. The van der Waals surface area contributed by atoms with Crippen LogP contribution in [0.15, 0.2) is 21.3 Å². The summed E-state index contributed by atoms with van der Waals surface area (Å²) in [7, 11) is 0. The van der Waals surface area contributed by atoms with E-state index in [9.17, 15) is 9.59 Å². The first-order chi connectivity index (χ1) is 13.6. The third kappa shape index (κ3) is 2.39. The Hall–Kier alpha value is -2.04. The summed E-state index contributed by atoms with van der Waals surface area (Å²) in [5.41, 5.74) is 4.55. The third-order valence-electron chi connectivity index (χ3n) is 9.17. The van der Waals surface area contributed by atoms with Crippen molar-refractivity contribution in [3.05, 3.63) is 33.8 Å². The number of oxazole rings is 1. The quantitative estimate of drug-likeness (QED) is 0.755. The summed E-state index contributed by atoms with van der Waals surface area (Å²) < 4.78 is 5.57. The molecule has 1 heterocycles. The fourth-order valence-electron chi connectivity index (χ4n) is 7.86. The largest absolute Gasteiger partial charge is 0.417 e. The second-order valence-corrected chi connectivity index (χ2v) is 10.9. The molecule has 3 aliphatic rings. The predicted molar refractivity (Wildman–Crippen MR) is 113 cm³/mol. The van der Waals surface area contributed by atoms with Crippen LogP contribution in [0.5, 0.6) is 0 Å². The Bertz CT molecular complexity index is 1060. The lowest BCUT2D eigenvalue weighted by Crippen LogP contribution is -2.61. The Morgan fingerprint density at radius 1 is 1.14 bits per heavy atom. The highest BCUT2D eigenvalue weighted by Gasteiger charge is 2.63. The fraction of sp³-hybridized carbons (Fsp3) is 0.667.